The molecule has 0 aliphatic heterocycles. The Kier molecular flexibility index (Phi) is 0.917. The topological polar surface area (TPSA) is 43.3 Å². The summed E-state index contributed by atoms with van der Waals surface area (Å²) in [6, 6.07) is 6.57. The normalized spacial score (nSPS) is 10.4. The Balaban J connectivity index is 2.93. The molecule has 2 aromatic rings. The summed E-state index contributed by atoms with van der Waals surface area (Å²) in [5, 5.41) is 0. The van der Waals surface area contributed by atoms with Gasteiger partial charge in [-0.1, -0.05) is 0 Å². The molecule has 0 aliphatic carbocycles. The number of anilines is 1. The fourth-order valence-electron chi connectivity index (χ4n) is 0.893. The monoisotopic (exact) mass is 132 g/mol. The van der Waals surface area contributed by atoms with Crippen LogP contribution >= 0.6 is 0 Å². The maximum Gasteiger partial charge on any atom is 0.138 e. The van der Waals surface area contributed by atoms with Crippen LogP contribution in [-0.4, -0.2) is 9.38 Å². The van der Waals surface area contributed by atoms with Crippen molar-refractivity contribution < 1.29 is 0 Å². The number of rotatable bonds is 0. The molecule has 10 heavy (non-hydrogen) atoms. The average Bonchev–Trinajstić information content (AvgIpc) is 2.34. The van der Waals surface area contributed by atoms with Crippen molar-refractivity contribution >= 4 is 11.5 Å². The molecule has 0 aliphatic rings. The molecule has 3 heteroatoms. The van der Waals surface area contributed by atoms with Gasteiger partial charge in [-0.25, -0.2) is 4.98 Å². The van der Waals surface area contributed by atoms with Crippen molar-refractivity contribution in [1.82, 2.24) is 9.38 Å². The molecule has 2 aromatic heterocycles. The Bertz CT molecular complexity index is 350. The third-order valence-corrected chi connectivity index (χ3v) is 1.39. The standard InChI is InChI=1S/C7H6N3/c8-6-5-9-7-3-1-2-4-10(6)7/h1,3-5H,8H2. The van der Waals surface area contributed by atoms with Crippen LogP contribution in [-0.2, 0) is 0 Å². The first-order chi connectivity index (χ1) is 4.88. The SMILES string of the molecule is Nc1cnc2cc[c]cn12. The number of nitrogens with zero attached hydrogens (tertiary/aromatic N) is 2. The maximum absolute atomic E-state index is 5.56. The van der Waals surface area contributed by atoms with Crippen LogP contribution in [0.25, 0.3) is 5.65 Å². The molecule has 0 atom stereocenters. The van der Waals surface area contributed by atoms with Gasteiger partial charge < -0.3 is 5.73 Å². The first kappa shape index (κ1) is 5.29. The minimum atomic E-state index is 0.645. The lowest BCUT2D eigenvalue weighted by Crippen LogP contribution is -1.90. The molecular formula is C7H6N3. The van der Waals surface area contributed by atoms with E-state index in [4.69, 9.17) is 5.73 Å². The lowest BCUT2D eigenvalue weighted by atomic mass is 10.5. The predicted octanol–water partition coefficient (Wildman–Crippen LogP) is 0.717. The minimum absolute atomic E-state index is 0.645. The summed E-state index contributed by atoms with van der Waals surface area (Å²) < 4.78 is 1.78. The predicted molar refractivity (Wildman–Crippen MR) is 38.4 cm³/mol. The lowest BCUT2D eigenvalue weighted by Gasteiger charge is -1.91. The third kappa shape index (κ3) is 0.572. The Labute approximate surface area is 58.1 Å². The van der Waals surface area contributed by atoms with Crippen molar-refractivity contribution in [3.63, 3.8) is 0 Å². The van der Waals surface area contributed by atoms with Crippen LogP contribution in [0, 0.1) is 6.07 Å². The van der Waals surface area contributed by atoms with Crippen LogP contribution in [0.2, 0.25) is 0 Å². The Morgan fingerprint density at radius 1 is 1.60 bits per heavy atom. The van der Waals surface area contributed by atoms with Crippen molar-refractivity contribution in [2.45, 2.75) is 0 Å². The Hall–Kier alpha value is -1.51. The van der Waals surface area contributed by atoms with E-state index in [0.29, 0.717) is 5.82 Å². The fourth-order valence-corrected chi connectivity index (χ4v) is 0.893. The van der Waals surface area contributed by atoms with Gasteiger partial charge in [0.15, 0.2) is 0 Å². The van der Waals surface area contributed by atoms with Crippen molar-refractivity contribution in [1.29, 1.82) is 0 Å². The van der Waals surface area contributed by atoms with Crippen LogP contribution in [0.3, 0.4) is 0 Å². The number of hydrogen-bond acceptors (Lipinski definition) is 2. The number of hydrogen-bond donors (Lipinski definition) is 1. The Morgan fingerprint density at radius 3 is 3.30 bits per heavy atom. The fraction of sp³-hybridized carbons (Fsp3) is 0. The highest BCUT2D eigenvalue weighted by Gasteiger charge is 1.94. The molecule has 0 unspecified atom stereocenters. The summed E-state index contributed by atoms with van der Waals surface area (Å²) in [7, 11) is 0. The van der Waals surface area contributed by atoms with E-state index < -0.39 is 0 Å². The lowest BCUT2D eigenvalue weighted by molar-refractivity contribution is 1.19. The van der Waals surface area contributed by atoms with Crippen LogP contribution in [0.1, 0.15) is 0 Å². The number of nitrogen functional groups attached to an aromatic ring is 1. The van der Waals surface area contributed by atoms with E-state index >= 15 is 0 Å². The van der Waals surface area contributed by atoms with Gasteiger partial charge in [0, 0.05) is 12.3 Å². The van der Waals surface area contributed by atoms with Gasteiger partial charge in [-0.3, -0.25) is 4.40 Å². The summed E-state index contributed by atoms with van der Waals surface area (Å²) >= 11 is 0. The average molecular weight is 132 g/mol. The number of fused-ring (bicyclic) bond motifs is 1. The van der Waals surface area contributed by atoms with Crippen LogP contribution in [0.5, 0.6) is 0 Å². The molecule has 49 valence electrons. The zero-order valence-corrected chi connectivity index (χ0v) is 5.28. The quantitative estimate of drug-likeness (QED) is 0.573. The van der Waals surface area contributed by atoms with Crippen LogP contribution in [0.4, 0.5) is 5.82 Å². The summed E-state index contributed by atoms with van der Waals surface area (Å²) in [4.78, 5) is 4.04. The highest BCUT2D eigenvalue weighted by Crippen LogP contribution is 2.05. The van der Waals surface area contributed by atoms with E-state index in [-0.39, 0.29) is 0 Å². The van der Waals surface area contributed by atoms with Gasteiger partial charge in [0.05, 0.1) is 6.20 Å². The zero-order chi connectivity index (χ0) is 6.97. The van der Waals surface area contributed by atoms with Gasteiger partial charge in [-0.2, -0.15) is 0 Å². The maximum atomic E-state index is 5.56. The van der Waals surface area contributed by atoms with E-state index in [0.717, 1.165) is 5.65 Å². The number of pyridine rings is 1. The van der Waals surface area contributed by atoms with Crippen molar-refractivity contribution in [3.8, 4) is 0 Å². The van der Waals surface area contributed by atoms with E-state index in [1.54, 1.807) is 16.8 Å². The van der Waals surface area contributed by atoms with Crippen LogP contribution in [0.15, 0.2) is 24.5 Å². The van der Waals surface area contributed by atoms with Gasteiger partial charge in [-0.15, -0.1) is 0 Å². The highest BCUT2D eigenvalue weighted by molar-refractivity contribution is 5.46. The van der Waals surface area contributed by atoms with Crippen molar-refractivity contribution in [2.75, 3.05) is 5.73 Å². The van der Waals surface area contributed by atoms with Gasteiger partial charge >= 0.3 is 0 Å². The largest absolute Gasteiger partial charge is 0.383 e. The summed E-state index contributed by atoms with van der Waals surface area (Å²) in [5.41, 5.74) is 6.41. The first-order valence-electron chi connectivity index (χ1n) is 2.96. The third-order valence-electron chi connectivity index (χ3n) is 1.39. The molecule has 0 spiro atoms. The van der Waals surface area contributed by atoms with E-state index in [9.17, 15) is 0 Å². The summed E-state index contributed by atoms with van der Waals surface area (Å²) in [6.45, 7) is 0. The molecule has 0 saturated heterocycles. The second-order valence-corrected chi connectivity index (χ2v) is 2.04. The van der Waals surface area contributed by atoms with Gasteiger partial charge in [0.1, 0.15) is 11.5 Å². The van der Waals surface area contributed by atoms with Gasteiger partial charge in [-0.05, 0) is 12.1 Å². The summed E-state index contributed by atoms with van der Waals surface area (Å²) in [6.07, 6.45) is 3.39. The number of nitrogens with two attached hydrogens (primary N) is 1. The molecule has 2 rings (SSSR count). The van der Waals surface area contributed by atoms with Gasteiger partial charge in [0.25, 0.3) is 0 Å². The molecule has 0 amide bonds. The molecule has 0 saturated carbocycles. The minimum Gasteiger partial charge on any atom is -0.383 e. The van der Waals surface area contributed by atoms with Crippen molar-refractivity contribution in [2.24, 2.45) is 0 Å². The van der Waals surface area contributed by atoms with E-state index in [1.807, 2.05) is 12.1 Å². The summed E-state index contributed by atoms with van der Waals surface area (Å²) in [5.74, 6) is 0.645. The molecule has 0 bridgehead atoms. The van der Waals surface area contributed by atoms with E-state index in [2.05, 4.69) is 11.1 Å². The molecule has 3 nitrogen and oxygen atoms in total. The highest BCUT2D eigenvalue weighted by atomic mass is 15.1. The van der Waals surface area contributed by atoms with E-state index in [1.165, 1.54) is 0 Å². The number of imidazole rings is 1. The number of aromatic nitrogens is 2. The second kappa shape index (κ2) is 1.73. The zero-order valence-electron chi connectivity index (χ0n) is 5.28. The Morgan fingerprint density at radius 2 is 2.50 bits per heavy atom. The molecule has 2 N–H and O–H groups in total. The molecular weight excluding hydrogens is 126 g/mol. The molecule has 0 fully saturated rings. The van der Waals surface area contributed by atoms with Gasteiger partial charge in [0.2, 0.25) is 0 Å². The van der Waals surface area contributed by atoms with Crippen molar-refractivity contribution in [3.05, 3.63) is 30.6 Å². The first-order valence-corrected chi connectivity index (χ1v) is 2.96. The molecule has 1 radical (unpaired) electrons. The molecule has 2 heterocycles. The van der Waals surface area contributed by atoms with Crippen LogP contribution < -0.4 is 5.73 Å². The smallest absolute Gasteiger partial charge is 0.138 e. The second-order valence-electron chi connectivity index (χ2n) is 2.04. The molecule has 0 aromatic carbocycles.